The molecule has 0 bridgehead atoms. The van der Waals surface area contributed by atoms with E-state index in [1.807, 2.05) is 20.8 Å². The largest absolute Gasteiger partial charge is 0.493 e. The van der Waals surface area contributed by atoms with Crippen LogP contribution in [0.15, 0.2) is 65.6 Å². The van der Waals surface area contributed by atoms with Gasteiger partial charge in [-0.25, -0.2) is 8.42 Å². The van der Waals surface area contributed by atoms with Crippen LogP contribution in [0.5, 0.6) is 11.5 Å². The van der Waals surface area contributed by atoms with Crippen molar-refractivity contribution in [2.45, 2.75) is 57.6 Å². The number of nitrogens with one attached hydrogen (secondary N) is 1. The van der Waals surface area contributed by atoms with Crippen molar-refractivity contribution in [1.82, 2.24) is 10.2 Å². The molecule has 0 radical (unpaired) electrons. The van der Waals surface area contributed by atoms with Gasteiger partial charge in [-0.2, -0.15) is 0 Å². The normalized spacial score (nSPS) is 12.7. The van der Waals surface area contributed by atoms with Gasteiger partial charge in [-0.05, 0) is 69.2 Å². The maximum atomic E-state index is 14.1. The maximum Gasteiger partial charge on any atom is 0.264 e. The zero-order chi connectivity index (χ0) is 31.9. The van der Waals surface area contributed by atoms with Gasteiger partial charge < -0.3 is 19.7 Å². The molecule has 3 rings (SSSR count). The Labute approximate surface area is 263 Å². The van der Waals surface area contributed by atoms with Crippen LogP contribution in [0.1, 0.15) is 38.3 Å². The molecule has 12 heteroatoms. The van der Waals surface area contributed by atoms with Gasteiger partial charge in [0.15, 0.2) is 11.5 Å². The number of aryl methyl sites for hydroxylation is 1. The molecular formula is C31H37Cl2N3O6S. The first kappa shape index (κ1) is 34.0. The highest BCUT2D eigenvalue weighted by Crippen LogP contribution is 2.34. The summed E-state index contributed by atoms with van der Waals surface area (Å²) in [5, 5.41) is 3.53. The van der Waals surface area contributed by atoms with Crippen molar-refractivity contribution in [2.75, 3.05) is 25.1 Å². The Bertz CT molecular complexity index is 1550. The van der Waals surface area contributed by atoms with Gasteiger partial charge in [-0.3, -0.25) is 13.9 Å². The minimum Gasteiger partial charge on any atom is -0.493 e. The fraction of sp³-hybridized carbons (Fsp3) is 0.355. The van der Waals surface area contributed by atoms with E-state index >= 15 is 0 Å². The molecule has 2 atom stereocenters. The van der Waals surface area contributed by atoms with Gasteiger partial charge in [0, 0.05) is 18.7 Å². The van der Waals surface area contributed by atoms with E-state index in [2.05, 4.69) is 5.32 Å². The van der Waals surface area contributed by atoms with Crippen molar-refractivity contribution in [1.29, 1.82) is 0 Å². The van der Waals surface area contributed by atoms with E-state index in [1.165, 1.54) is 43.4 Å². The Morgan fingerprint density at radius 3 is 2.14 bits per heavy atom. The molecule has 0 aromatic heterocycles. The molecule has 2 amide bonds. The molecule has 0 saturated heterocycles. The number of sulfonamides is 1. The number of amides is 2. The standard InChI is InChI=1S/C31H37Cl2N3O6S/c1-7-21(3)34-31(38)22(4)35(18-23-10-14-26(32)27(33)16-23)30(37)19-36(24-11-15-28(41-5)29(17-24)42-6)43(39,40)25-12-8-20(2)9-13-25/h8-17,21-22H,7,18-19H2,1-6H3,(H,34,38)/t21-,22+/m1/s1. The van der Waals surface area contributed by atoms with Gasteiger partial charge in [-0.1, -0.05) is 53.9 Å². The second-order valence-electron chi connectivity index (χ2n) is 10.1. The Morgan fingerprint density at radius 2 is 1.56 bits per heavy atom. The van der Waals surface area contributed by atoms with Crippen LogP contribution in [-0.4, -0.2) is 58.0 Å². The van der Waals surface area contributed by atoms with Crippen molar-refractivity contribution >= 4 is 50.7 Å². The fourth-order valence-corrected chi connectivity index (χ4v) is 5.96. The van der Waals surface area contributed by atoms with Crippen LogP contribution in [0.4, 0.5) is 5.69 Å². The predicted octanol–water partition coefficient (Wildman–Crippen LogP) is 5.85. The van der Waals surface area contributed by atoms with E-state index < -0.39 is 28.5 Å². The number of methoxy groups -OCH3 is 2. The predicted molar refractivity (Wildman–Crippen MR) is 170 cm³/mol. The first-order valence-electron chi connectivity index (χ1n) is 13.7. The van der Waals surface area contributed by atoms with Gasteiger partial charge in [0.25, 0.3) is 10.0 Å². The first-order chi connectivity index (χ1) is 20.3. The minimum absolute atomic E-state index is 0.000667. The summed E-state index contributed by atoms with van der Waals surface area (Å²) in [6.45, 7) is 6.62. The van der Waals surface area contributed by atoms with Gasteiger partial charge in [0.2, 0.25) is 11.8 Å². The van der Waals surface area contributed by atoms with E-state index in [1.54, 1.807) is 43.3 Å². The molecule has 232 valence electrons. The zero-order valence-electron chi connectivity index (χ0n) is 25.1. The molecule has 0 aliphatic carbocycles. The fourth-order valence-electron chi connectivity index (χ4n) is 4.23. The smallest absolute Gasteiger partial charge is 0.264 e. The number of ether oxygens (including phenoxy) is 2. The summed E-state index contributed by atoms with van der Waals surface area (Å²) in [7, 11) is -1.35. The van der Waals surface area contributed by atoms with Crippen LogP contribution in [-0.2, 0) is 26.2 Å². The Balaban J connectivity index is 2.10. The van der Waals surface area contributed by atoms with Crippen LogP contribution in [0.3, 0.4) is 0 Å². The van der Waals surface area contributed by atoms with Crippen molar-refractivity contribution in [3.8, 4) is 11.5 Å². The lowest BCUT2D eigenvalue weighted by atomic mass is 10.1. The van der Waals surface area contributed by atoms with E-state index in [9.17, 15) is 18.0 Å². The number of anilines is 1. The minimum atomic E-state index is -4.25. The summed E-state index contributed by atoms with van der Waals surface area (Å²) in [5.74, 6) is -0.308. The Morgan fingerprint density at radius 1 is 0.907 bits per heavy atom. The Hall–Kier alpha value is -3.47. The summed E-state index contributed by atoms with van der Waals surface area (Å²) in [4.78, 5) is 28.7. The van der Waals surface area contributed by atoms with E-state index in [0.717, 1.165) is 9.87 Å². The lowest BCUT2D eigenvalue weighted by Crippen LogP contribution is -2.52. The molecule has 0 aliphatic heterocycles. The second-order valence-corrected chi connectivity index (χ2v) is 12.8. The molecule has 43 heavy (non-hydrogen) atoms. The third-order valence-electron chi connectivity index (χ3n) is 7.05. The molecule has 1 N–H and O–H groups in total. The monoisotopic (exact) mass is 649 g/mol. The number of carbonyl (C=O) groups is 2. The molecule has 0 spiro atoms. The summed E-state index contributed by atoms with van der Waals surface area (Å²) in [6.07, 6.45) is 0.696. The van der Waals surface area contributed by atoms with Crippen LogP contribution in [0, 0.1) is 6.92 Å². The van der Waals surface area contributed by atoms with Crippen LogP contribution < -0.4 is 19.1 Å². The van der Waals surface area contributed by atoms with E-state index in [4.69, 9.17) is 32.7 Å². The lowest BCUT2D eigenvalue weighted by molar-refractivity contribution is -0.139. The summed E-state index contributed by atoms with van der Waals surface area (Å²) in [5.41, 5.74) is 1.67. The molecule has 0 saturated carbocycles. The highest BCUT2D eigenvalue weighted by atomic mass is 35.5. The molecule has 0 unspecified atom stereocenters. The second kappa shape index (κ2) is 14.8. The van der Waals surface area contributed by atoms with Crippen LogP contribution in [0.25, 0.3) is 0 Å². The van der Waals surface area contributed by atoms with E-state index in [0.29, 0.717) is 22.8 Å². The highest BCUT2D eigenvalue weighted by Gasteiger charge is 2.33. The van der Waals surface area contributed by atoms with Gasteiger partial charge in [0.05, 0.1) is 34.8 Å². The third kappa shape index (κ3) is 8.34. The van der Waals surface area contributed by atoms with Gasteiger partial charge >= 0.3 is 0 Å². The summed E-state index contributed by atoms with van der Waals surface area (Å²) >= 11 is 12.3. The molecule has 3 aromatic carbocycles. The Kier molecular flexibility index (Phi) is 11.7. The van der Waals surface area contributed by atoms with Crippen molar-refractivity contribution in [3.63, 3.8) is 0 Å². The molecule has 0 heterocycles. The average Bonchev–Trinajstić information content (AvgIpc) is 2.99. The molecule has 3 aromatic rings. The highest BCUT2D eigenvalue weighted by molar-refractivity contribution is 7.92. The summed E-state index contributed by atoms with van der Waals surface area (Å²) in [6, 6.07) is 14.8. The lowest BCUT2D eigenvalue weighted by Gasteiger charge is -2.32. The van der Waals surface area contributed by atoms with Crippen molar-refractivity contribution in [2.24, 2.45) is 0 Å². The number of carbonyl (C=O) groups excluding carboxylic acids is 2. The van der Waals surface area contributed by atoms with Crippen LogP contribution in [0.2, 0.25) is 10.0 Å². The molecule has 9 nitrogen and oxygen atoms in total. The number of rotatable bonds is 13. The van der Waals surface area contributed by atoms with Gasteiger partial charge in [-0.15, -0.1) is 0 Å². The first-order valence-corrected chi connectivity index (χ1v) is 15.9. The third-order valence-corrected chi connectivity index (χ3v) is 9.58. The maximum absolute atomic E-state index is 14.1. The summed E-state index contributed by atoms with van der Waals surface area (Å²) < 4.78 is 39.9. The number of nitrogens with zero attached hydrogens (tertiary/aromatic N) is 2. The van der Waals surface area contributed by atoms with E-state index in [-0.39, 0.29) is 39.8 Å². The van der Waals surface area contributed by atoms with Gasteiger partial charge in [0.1, 0.15) is 12.6 Å². The topological polar surface area (TPSA) is 105 Å². The number of hydrogen-bond donors (Lipinski definition) is 1. The quantitative estimate of drug-likeness (QED) is 0.249. The number of hydrogen-bond acceptors (Lipinski definition) is 6. The SMILES string of the molecule is CC[C@@H](C)NC(=O)[C@H](C)N(Cc1ccc(Cl)c(Cl)c1)C(=O)CN(c1ccc(OC)c(OC)c1)S(=O)(=O)c1ccc(C)cc1. The number of benzene rings is 3. The molecular weight excluding hydrogens is 613 g/mol. The zero-order valence-corrected chi connectivity index (χ0v) is 27.4. The van der Waals surface area contributed by atoms with Crippen molar-refractivity contribution < 1.29 is 27.5 Å². The molecule has 0 fully saturated rings. The van der Waals surface area contributed by atoms with Crippen molar-refractivity contribution in [3.05, 3.63) is 81.8 Å². The molecule has 0 aliphatic rings. The average molecular weight is 651 g/mol. The number of halogens is 2. The van der Waals surface area contributed by atoms with Crippen LogP contribution >= 0.6 is 23.2 Å².